The molecule has 0 bridgehead atoms. The first-order chi connectivity index (χ1) is 9.52. The second kappa shape index (κ2) is 8.61. The molecule has 20 heavy (non-hydrogen) atoms. The first-order valence-electron chi connectivity index (χ1n) is 7.52. The molecular weight excluding hydrogens is 254 g/mol. The average Bonchev–Trinajstić information content (AvgIpc) is 2.37. The van der Waals surface area contributed by atoms with Gasteiger partial charge in [0.15, 0.2) is 0 Å². The van der Waals surface area contributed by atoms with Crippen molar-refractivity contribution < 1.29 is 9.59 Å². The molecule has 2 atom stereocenters. The molecule has 1 saturated carbocycles. The van der Waals surface area contributed by atoms with Crippen LogP contribution in [0.5, 0.6) is 0 Å². The lowest BCUT2D eigenvalue weighted by molar-refractivity contribution is -0.117. The molecule has 5 heteroatoms. The Morgan fingerprint density at radius 1 is 1.10 bits per heavy atom. The van der Waals surface area contributed by atoms with Gasteiger partial charge in [0.2, 0.25) is 5.91 Å². The lowest BCUT2D eigenvalue weighted by Crippen LogP contribution is -2.55. The minimum Gasteiger partial charge on any atom is -0.348 e. The van der Waals surface area contributed by atoms with Crippen LogP contribution < -0.4 is 16.0 Å². The largest absolute Gasteiger partial charge is 0.348 e. The van der Waals surface area contributed by atoms with Crippen molar-refractivity contribution in [3.05, 3.63) is 11.6 Å². The normalized spacial score (nSPS) is 21.8. The third-order valence-electron chi connectivity index (χ3n) is 3.37. The molecular formula is C15H27N3O2. The van der Waals surface area contributed by atoms with Gasteiger partial charge in [-0.15, -0.1) is 0 Å². The zero-order valence-corrected chi connectivity index (χ0v) is 12.8. The highest BCUT2D eigenvalue weighted by atomic mass is 16.2. The average molecular weight is 281 g/mol. The van der Waals surface area contributed by atoms with E-state index in [2.05, 4.69) is 16.0 Å². The molecule has 3 amide bonds. The Bertz CT molecular complexity index is 362. The molecule has 0 aromatic carbocycles. The highest BCUT2D eigenvalue weighted by Gasteiger charge is 2.27. The Hall–Kier alpha value is -1.52. The molecule has 1 aliphatic rings. The van der Waals surface area contributed by atoms with E-state index in [1.165, 1.54) is 0 Å². The van der Waals surface area contributed by atoms with Gasteiger partial charge in [-0.25, -0.2) is 4.79 Å². The van der Waals surface area contributed by atoms with E-state index in [1.54, 1.807) is 6.08 Å². The molecule has 0 spiro atoms. The maximum absolute atomic E-state index is 11.8. The summed E-state index contributed by atoms with van der Waals surface area (Å²) in [5, 5.41) is 8.79. The molecule has 0 aromatic rings. The van der Waals surface area contributed by atoms with Gasteiger partial charge >= 0.3 is 6.03 Å². The molecule has 0 aliphatic heterocycles. The number of hydrogen-bond donors (Lipinski definition) is 3. The van der Waals surface area contributed by atoms with Crippen molar-refractivity contribution >= 4 is 11.9 Å². The van der Waals surface area contributed by atoms with Gasteiger partial charge in [0.25, 0.3) is 0 Å². The highest BCUT2D eigenvalue weighted by molar-refractivity contribution is 5.88. The number of rotatable bonds is 5. The van der Waals surface area contributed by atoms with E-state index in [0.717, 1.165) is 37.7 Å². The molecule has 1 fully saturated rings. The van der Waals surface area contributed by atoms with Crippen molar-refractivity contribution in [2.24, 2.45) is 0 Å². The maximum Gasteiger partial charge on any atom is 0.315 e. The molecule has 0 saturated heterocycles. The van der Waals surface area contributed by atoms with Crippen LogP contribution in [-0.4, -0.2) is 30.6 Å². The van der Waals surface area contributed by atoms with Crippen molar-refractivity contribution in [2.45, 2.75) is 65.0 Å². The van der Waals surface area contributed by atoms with Crippen LogP contribution in [0.15, 0.2) is 11.6 Å². The summed E-state index contributed by atoms with van der Waals surface area (Å²) < 4.78 is 0. The Balaban J connectivity index is 2.51. The van der Waals surface area contributed by atoms with Crippen LogP contribution in [-0.2, 0) is 4.79 Å². The smallest absolute Gasteiger partial charge is 0.315 e. The third-order valence-corrected chi connectivity index (χ3v) is 3.37. The van der Waals surface area contributed by atoms with Crippen LogP contribution in [0.2, 0.25) is 0 Å². The van der Waals surface area contributed by atoms with Crippen LogP contribution in [0.3, 0.4) is 0 Å². The van der Waals surface area contributed by atoms with Crippen molar-refractivity contribution in [1.82, 2.24) is 16.0 Å². The number of urea groups is 1. The molecule has 0 heterocycles. The van der Waals surface area contributed by atoms with Crippen LogP contribution in [0, 0.1) is 0 Å². The number of carbonyl (C=O) groups is 2. The predicted molar refractivity (Wildman–Crippen MR) is 80.4 cm³/mol. The Kier molecular flexibility index (Phi) is 7.12. The van der Waals surface area contributed by atoms with Gasteiger partial charge < -0.3 is 16.0 Å². The fourth-order valence-corrected chi connectivity index (χ4v) is 2.42. The Morgan fingerprint density at radius 3 is 2.25 bits per heavy atom. The van der Waals surface area contributed by atoms with Gasteiger partial charge in [-0.1, -0.05) is 25.3 Å². The number of allylic oxidation sites excluding steroid dienone is 1. The summed E-state index contributed by atoms with van der Waals surface area (Å²) in [6.45, 7) is 6.49. The molecule has 114 valence electrons. The summed E-state index contributed by atoms with van der Waals surface area (Å²) in [7, 11) is 0. The number of carbonyl (C=O) groups excluding carboxylic acids is 2. The summed E-state index contributed by atoms with van der Waals surface area (Å²) in [5.41, 5.74) is 0.975. The molecule has 1 rings (SSSR count). The minimum absolute atomic E-state index is 0.0233. The second-order valence-corrected chi connectivity index (χ2v) is 5.63. The van der Waals surface area contributed by atoms with Crippen LogP contribution in [0.4, 0.5) is 4.79 Å². The van der Waals surface area contributed by atoms with E-state index < -0.39 is 0 Å². The SMILES string of the molecule is CCCNC(=O)NC1CCCCC1NC(=O)C=C(C)C. The van der Waals surface area contributed by atoms with E-state index in [-0.39, 0.29) is 24.0 Å². The highest BCUT2D eigenvalue weighted by Crippen LogP contribution is 2.18. The first-order valence-corrected chi connectivity index (χ1v) is 7.52. The standard InChI is InChI=1S/C15H27N3O2/c1-4-9-16-15(20)18-13-8-6-5-7-12(13)17-14(19)10-11(2)3/h10,12-13H,4-9H2,1-3H3,(H,17,19)(H2,16,18,20). The number of hydrogen-bond acceptors (Lipinski definition) is 2. The molecule has 2 unspecified atom stereocenters. The summed E-state index contributed by atoms with van der Waals surface area (Å²) in [4.78, 5) is 23.5. The van der Waals surface area contributed by atoms with Gasteiger partial charge in [0.05, 0.1) is 6.04 Å². The number of amides is 3. The van der Waals surface area contributed by atoms with Crippen LogP contribution in [0.25, 0.3) is 0 Å². The van der Waals surface area contributed by atoms with E-state index in [4.69, 9.17) is 0 Å². The van der Waals surface area contributed by atoms with E-state index in [9.17, 15) is 9.59 Å². The monoisotopic (exact) mass is 281 g/mol. The second-order valence-electron chi connectivity index (χ2n) is 5.63. The van der Waals surface area contributed by atoms with Crippen LogP contribution in [0.1, 0.15) is 52.9 Å². The fourth-order valence-electron chi connectivity index (χ4n) is 2.42. The van der Waals surface area contributed by atoms with Gasteiger partial charge in [0.1, 0.15) is 0 Å². The topological polar surface area (TPSA) is 70.2 Å². The summed E-state index contributed by atoms with van der Waals surface area (Å²) in [6, 6.07) is -0.0884. The lowest BCUT2D eigenvalue weighted by atomic mass is 9.90. The van der Waals surface area contributed by atoms with Gasteiger partial charge in [-0.2, -0.15) is 0 Å². The first kappa shape index (κ1) is 16.5. The Morgan fingerprint density at radius 2 is 1.70 bits per heavy atom. The van der Waals surface area contributed by atoms with Crippen molar-refractivity contribution in [3.63, 3.8) is 0 Å². The predicted octanol–water partition coefficient (Wildman–Crippen LogP) is 2.09. The quantitative estimate of drug-likeness (QED) is 0.675. The Labute approximate surface area is 121 Å². The van der Waals surface area contributed by atoms with E-state index >= 15 is 0 Å². The fraction of sp³-hybridized carbons (Fsp3) is 0.733. The molecule has 1 aliphatic carbocycles. The minimum atomic E-state index is -0.139. The molecule has 5 nitrogen and oxygen atoms in total. The van der Waals surface area contributed by atoms with E-state index in [0.29, 0.717) is 6.54 Å². The summed E-state index contributed by atoms with van der Waals surface area (Å²) >= 11 is 0. The lowest BCUT2D eigenvalue weighted by Gasteiger charge is -2.32. The number of nitrogens with one attached hydrogen (secondary N) is 3. The molecule has 3 N–H and O–H groups in total. The van der Waals surface area contributed by atoms with E-state index in [1.807, 2.05) is 20.8 Å². The summed E-state index contributed by atoms with van der Waals surface area (Å²) in [5.74, 6) is -0.0716. The third kappa shape index (κ3) is 6.08. The van der Waals surface area contributed by atoms with Gasteiger partial charge in [-0.05, 0) is 33.1 Å². The molecule has 0 radical (unpaired) electrons. The van der Waals surface area contributed by atoms with Gasteiger partial charge in [-0.3, -0.25) is 4.79 Å². The van der Waals surface area contributed by atoms with Gasteiger partial charge in [0, 0.05) is 18.7 Å². The van der Waals surface area contributed by atoms with Crippen molar-refractivity contribution in [1.29, 1.82) is 0 Å². The van der Waals surface area contributed by atoms with Crippen molar-refractivity contribution in [2.75, 3.05) is 6.54 Å². The zero-order valence-electron chi connectivity index (χ0n) is 12.8. The van der Waals surface area contributed by atoms with Crippen molar-refractivity contribution in [3.8, 4) is 0 Å². The summed E-state index contributed by atoms with van der Waals surface area (Å²) in [6.07, 6.45) is 6.53. The molecule has 0 aromatic heterocycles. The maximum atomic E-state index is 11.8. The van der Waals surface area contributed by atoms with Crippen LogP contribution >= 0.6 is 0 Å². The zero-order chi connectivity index (χ0) is 15.0.